The van der Waals surface area contributed by atoms with E-state index in [0.29, 0.717) is 18.6 Å². The molecule has 0 aliphatic carbocycles. The minimum absolute atomic E-state index is 0.0993. The third-order valence-corrected chi connectivity index (χ3v) is 4.61. The molecule has 2 aromatic carbocycles. The highest BCUT2D eigenvalue weighted by Gasteiger charge is 2.10. The molecule has 0 radical (unpaired) electrons. The van der Waals surface area contributed by atoms with Crippen LogP contribution in [0.4, 0.5) is 34.9 Å². The van der Waals surface area contributed by atoms with Crippen molar-refractivity contribution in [1.29, 1.82) is 0 Å². The second-order valence-electron chi connectivity index (χ2n) is 6.84. The van der Waals surface area contributed by atoms with Gasteiger partial charge in [0.15, 0.2) is 0 Å². The molecule has 0 saturated heterocycles. The third kappa shape index (κ3) is 5.55. The molecule has 0 saturated carbocycles. The highest BCUT2D eigenvalue weighted by Crippen LogP contribution is 2.19. The van der Waals surface area contributed by atoms with E-state index in [2.05, 4.69) is 41.1 Å². The normalized spacial score (nSPS) is 11.0. The molecule has 11 heteroatoms. The molecule has 0 unspecified atom stereocenters. The number of aromatic nitrogens is 5. The summed E-state index contributed by atoms with van der Waals surface area (Å²) in [5.74, 6) is 1.48. The fraction of sp³-hybridized carbons (Fsp3) is 0.143. The molecule has 2 heterocycles. The Morgan fingerprint density at radius 3 is 2.38 bits per heavy atom. The summed E-state index contributed by atoms with van der Waals surface area (Å²) in [6, 6.07) is 17.2. The number of imidazole rings is 1. The highest BCUT2D eigenvalue weighted by molar-refractivity contribution is 6.28. The maximum absolute atomic E-state index is 6.03. The van der Waals surface area contributed by atoms with Crippen molar-refractivity contribution < 1.29 is 4.57 Å². The first kappa shape index (κ1) is 21.2. The molecule has 0 aliphatic heterocycles. The first-order chi connectivity index (χ1) is 15.6. The highest BCUT2D eigenvalue weighted by atomic mass is 35.5. The lowest BCUT2D eigenvalue weighted by atomic mass is 10.3. The van der Waals surface area contributed by atoms with E-state index in [-0.39, 0.29) is 5.28 Å². The van der Waals surface area contributed by atoms with Gasteiger partial charge in [0.05, 0.1) is 33.2 Å². The number of nitrogens with one attached hydrogen (secondary N) is 3. The molecule has 4 rings (SSSR count). The largest absolute Gasteiger partial charge is 0.421 e. The maximum atomic E-state index is 6.03. The number of hydrogen-bond acceptors (Lipinski definition) is 8. The summed E-state index contributed by atoms with van der Waals surface area (Å²) in [5, 5.41) is 18.1. The van der Waals surface area contributed by atoms with Gasteiger partial charge in [-0.3, -0.25) is 0 Å². The molecular weight excluding hydrogens is 428 g/mol. The molecular formula is C21H22ClN10+. The lowest BCUT2D eigenvalue weighted by Crippen LogP contribution is -2.25. The van der Waals surface area contributed by atoms with Crippen LogP contribution in [0.2, 0.25) is 5.28 Å². The number of halogens is 1. The summed E-state index contributed by atoms with van der Waals surface area (Å²) in [4.78, 5) is 12.5. The predicted octanol–water partition coefficient (Wildman–Crippen LogP) is 4.33. The lowest BCUT2D eigenvalue weighted by molar-refractivity contribution is -0.657. The van der Waals surface area contributed by atoms with Crippen LogP contribution in [-0.4, -0.2) is 26.2 Å². The van der Waals surface area contributed by atoms with E-state index >= 15 is 0 Å². The minimum atomic E-state index is 0.0993. The zero-order chi connectivity index (χ0) is 22.3. The van der Waals surface area contributed by atoms with Gasteiger partial charge in [-0.1, -0.05) is 23.3 Å². The van der Waals surface area contributed by atoms with Gasteiger partial charge in [0.1, 0.15) is 5.69 Å². The average molecular weight is 450 g/mol. The van der Waals surface area contributed by atoms with Crippen molar-refractivity contribution >= 4 is 46.5 Å². The van der Waals surface area contributed by atoms with Crippen LogP contribution in [0.5, 0.6) is 0 Å². The van der Waals surface area contributed by atoms with Crippen LogP contribution in [0.1, 0.15) is 0 Å². The van der Waals surface area contributed by atoms with Gasteiger partial charge < -0.3 is 16.0 Å². The Morgan fingerprint density at radius 1 is 0.906 bits per heavy atom. The standard InChI is InChI=1S/C21H21ClN10/c1-31-12-13-32(2)21(31)30-29-17-10-8-15(9-11-17)23-14-24-19-26-18(22)27-20(28-19)25-16-6-4-3-5-7-16/h3-13H,14H2,1-2H3,(H2,24,25,26,27,28)/p+1. The van der Waals surface area contributed by atoms with E-state index in [1.807, 2.05) is 90.2 Å². The topological polar surface area (TPSA) is 108 Å². The summed E-state index contributed by atoms with van der Waals surface area (Å²) >= 11 is 6.03. The van der Waals surface area contributed by atoms with Gasteiger partial charge in [0.2, 0.25) is 17.2 Å². The maximum Gasteiger partial charge on any atom is 0.421 e. The fourth-order valence-corrected chi connectivity index (χ4v) is 2.99. The fourth-order valence-electron chi connectivity index (χ4n) is 2.83. The zero-order valence-corrected chi connectivity index (χ0v) is 18.3. The SMILES string of the molecule is Cn1cc[n+](C)c1/N=N/c1ccc(NCNc2nc(Cl)nc(Nc3ccccc3)n2)cc1. The van der Waals surface area contributed by atoms with Gasteiger partial charge in [-0.05, 0) is 48.0 Å². The van der Waals surface area contributed by atoms with Crippen LogP contribution in [0.3, 0.4) is 0 Å². The number of rotatable bonds is 8. The molecule has 32 heavy (non-hydrogen) atoms. The Bertz CT molecular complexity index is 1190. The van der Waals surface area contributed by atoms with Crippen molar-refractivity contribution in [3.8, 4) is 0 Å². The molecule has 0 bridgehead atoms. The van der Waals surface area contributed by atoms with E-state index in [0.717, 1.165) is 23.0 Å². The molecule has 2 aromatic heterocycles. The second-order valence-corrected chi connectivity index (χ2v) is 7.18. The van der Waals surface area contributed by atoms with Gasteiger partial charge in [-0.15, -0.1) is 0 Å². The number of hydrogen-bond donors (Lipinski definition) is 3. The van der Waals surface area contributed by atoms with Crippen molar-refractivity contribution in [1.82, 2.24) is 19.5 Å². The van der Waals surface area contributed by atoms with Gasteiger partial charge >= 0.3 is 5.95 Å². The summed E-state index contributed by atoms with van der Waals surface area (Å²) in [5.41, 5.74) is 2.52. The van der Waals surface area contributed by atoms with Crippen molar-refractivity contribution in [2.24, 2.45) is 24.3 Å². The quantitative estimate of drug-likeness (QED) is 0.210. The van der Waals surface area contributed by atoms with E-state index < -0.39 is 0 Å². The number of para-hydroxylation sites is 1. The van der Waals surface area contributed by atoms with Crippen LogP contribution < -0.4 is 20.5 Å². The minimum Gasteiger partial charge on any atom is -0.368 e. The number of azo groups is 1. The van der Waals surface area contributed by atoms with Crippen molar-refractivity contribution in [3.63, 3.8) is 0 Å². The lowest BCUT2D eigenvalue weighted by Gasteiger charge is -2.10. The first-order valence-electron chi connectivity index (χ1n) is 9.81. The summed E-state index contributed by atoms with van der Waals surface area (Å²) in [7, 11) is 3.85. The number of aryl methyl sites for hydroxylation is 2. The van der Waals surface area contributed by atoms with Crippen LogP contribution in [0.25, 0.3) is 0 Å². The molecule has 0 spiro atoms. The van der Waals surface area contributed by atoms with Crippen LogP contribution in [0, 0.1) is 0 Å². The number of anilines is 4. The third-order valence-electron chi connectivity index (χ3n) is 4.44. The van der Waals surface area contributed by atoms with Crippen LogP contribution >= 0.6 is 11.6 Å². The Balaban J connectivity index is 1.32. The molecule has 0 fully saturated rings. The van der Waals surface area contributed by atoms with E-state index in [1.165, 1.54) is 0 Å². The smallest absolute Gasteiger partial charge is 0.368 e. The molecule has 0 aliphatic rings. The molecule has 4 aromatic rings. The van der Waals surface area contributed by atoms with Gasteiger partial charge in [-0.25, -0.2) is 9.13 Å². The van der Waals surface area contributed by atoms with Crippen LogP contribution in [-0.2, 0) is 14.1 Å². The monoisotopic (exact) mass is 449 g/mol. The number of nitrogens with zero attached hydrogens (tertiary/aromatic N) is 7. The van der Waals surface area contributed by atoms with Crippen molar-refractivity contribution in [2.45, 2.75) is 0 Å². The molecule has 10 nitrogen and oxygen atoms in total. The second kappa shape index (κ2) is 9.84. The molecule has 3 N–H and O–H groups in total. The Hall–Kier alpha value is -4.05. The predicted molar refractivity (Wildman–Crippen MR) is 124 cm³/mol. The number of benzene rings is 2. The Labute approximate surface area is 190 Å². The molecule has 0 atom stereocenters. The average Bonchev–Trinajstić information content (AvgIpc) is 3.11. The Morgan fingerprint density at radius 2 is 1.66 bits per heavy atom. The van der Waals surface area contributed by atoms with E-state index in [9.17, 15) is 0 Å². The Kier molecular flexibility index (Phi) is 6.52. The van der Waals surface area contributed by atoms with Gasteiger partial charge in [0, 0.05) is 16.5 Å². The van der Waals surface area contributed by atoms with E-state index in [1.54, 1.807) is 0 Å². The zero-order valence-electron chi connectivity index (χ0n) is 17.6. The van der Waals surface area contributed by atoms with Crippen molar-refractivity contribution in [3.05, 3.63) is 72.3 Å². The van der Waals surface area contributed by atoms with Crippen molar-refractivity contribution in [2.75, 3.05) is 22.6 Å². The summed E-state index contributed by atoms with van der Waals surface area (Å²) < 4.78 is 3.80. The van der Waals surface area contributed by atoms with E-state index in [4.69, 9.17) is 11.6 Å². The molecule has 162 valence electrons. The summed E-state index contributed by atoms with van der Waals surface area (Å²) in [6.45, 7) is 0.394. The van der Waals surface area contributed by atoms with Crippen LogP contribution in [0.15, 0.2) is 77.2 Å². The first-order valence-corrected chi connectivity index (χ1v) is 10.2. The van der Waals surface area contributed by atoms with Gasteiger partial charge in [0.25, 0.3) is 0 Å². The summed E-state index contributed by atoms with van der Waals surface area (Å²) in [6.07, 6.45) is 3.85. The van der Waals surface area contributed by atoms with Gasteiger partial charge in [-0.2, -0.15) is 15.0 Å². The molecule has 0 amide bonds.